The van der Waals surface area contributed by atoms with Crippen molar-refractivity contribution in [3.63, 3.8) is 0 Å². The Kier molecular flexibility index (Phi) is 2.59. The van der Waals surface area contributed by atoms with Crippen LogP contribution in [-0.2, 0) is 4.84 Å². The highest BCUT2D eigenvalue weighted by Crippen LogP contribution is 2.23. The quantitative estimate of drug-likeness (QED) is 0.659. The first-order chi connectivity index (χ1) is 6.38. The molecule has 1 atom stereocenters. The molecule has 4 heteroatoms. The summed E-state index contributed by atoms with van der Waals surface area (Å²) in [5.41, 5.74) is 0. The van der Waals surface area contributed by atoms with Gasteiger partial charge in [0.25, 0.3) is 6.04 Å². The van der Waals surface area contributed by atoms with Gasteiger partial charge in [-0.25, -0.2) is 0 Å². The molecule has 2 aliphatic heterocycles. The highest BCUT2D eigenvalue weighted by Gasteiger charge is 2.38. The van der Waals surface area contributed by atoms with Gasteiger partial charge in [0.2, 0.25) is 4.92 Å². The van der Waals surface area contributed by atoms with Crippen LogP contribution in [0.15, 0.2) is 12.3 Å². The van der Waals surface area contributed by atoms with Gasteiger partial charge < -0.3 is 5.32 Å². The Bertz CT molecular complexity index is 222. The van der Waals surface area contributed by atoms with Crippen molar-refractivity contribution in [3.8, 4) is 0 Å². The van der Waals surface area contributed by atoms with E-state index in [0.29, 0.717) is 5.92 Å². The van der Waals surface area contributed by atoms with Crippen molar-refractivity contribution in [2.45, 2.75) is 25.3 Å². The fourth-order valence-corrected chi connectivity index (χ4v) is 2.06. The van der Waals surface area contributed by atoms with E-state index in [1.54, 1.807) is 0 Å². The Morgan fingerprint density at radius 3 is 2.85 bits per heavy atom. The van der Waals surface area contributed by atoms with Gasteiger partial charge in [0.15, 0.2) is 6.26 Å². The maximum absolute atomic E-state index is 11.3. The fourth-order valence-electron chi connectivity index (χ4n) is 2.06. The molecule has 4 nitrogen and oxygen atoms in total. The smallest absolute Gasteiger partial charge is 0.264 e. The predicted octanol–water partition coefficient (Wildman–Crippen LogP) is 0.982. The van der Waals surface area contributed by atoms with Crippen molar-refractivity contribution >= 4 is 0 Å². The van der Waals surface area contributed by atoms with Gasteiger partial charge in [-0.1, -0.05) is 0 Å². The van der Waals surface area contributed by atoms with E-state index < -0.39 is 0 Å². The summed E-state index contributed by atoms with van der Waals surface area (Å²) >= 11 is 0. The van der Waals surface area contributed by atoms with Crippen LogP contribution in [0.3, 0.4) is 0 Å². The maximum atomic E-state index is 11.3. The first kappa shape index (κ1) is 8.69. The molecule has 72 valence electrons. The molecule has 0 aromatic carbocycles. The van der Waals surface area contributed by atoms with Gasteiger partial charge in [-0.2, -0.15) is 4.84 Å². The fraction of sp³-hybridized carbons (Fsp3) is 0.778. The van der Waals surface area contributed by atoms with Crippen LogP contribution in [0.2, 0.25) is 0 Å². The van der Waals surface area contributed by atoms with Gasteiger partial charge >= 0.3 is 0 Å². The van der Waals surface area contributed by atoms with Crippen molar-refractivity contribution < 1.29 is 9.76 Å². The maximum Gasteiger partial charge on any atom is 0.264 e. The minimum absolute atomic E-state index is 0.0344. The molecule has 1 fully saturated rings. The lowest BCUT2D eigenvalue weighted by molar-refractivity contribution is -0.817. The average Bonchev–Trinajstić information content (AvgIpc) is 2.20. The molecule has 13 heavy (non-hydrogen) atoms. The molecule has 0 bridgehead atoms. The van der Waals surface area contributed by atoms with Crippen LogP contribution in [-0.4, -0.2) is 24.1 Å². The van der Waals surface area contributed by atoms with E-state index in [2.05, 4.69) is 5.32 Å². The summed E-state index contributed by atoms with van der Waals surface area (Å²) in [5, 5.41) is 3.29. The van der Waals surface area contributed by atoms with E-state index in [9.17, 15) is 4.91 Å². The van der Waals surface area contributed by atoms with E-state index >= 15 is 0 Å². The van der Waals surface area contributed by atoms with E-state index in [-0.39, 0.29) is 6.04 Å². The second kappa shape index (κ2) is 3.87. The highest BCUT2D eigenvalue weighted by molar-refractivity contribution is 4.84. The zero-order chi connectivity index (χ0) is 9.10. The predicted molar refractivity (Wildman–Crippen MR) is 47.9 cm³/mol. The summed E-state index contributed by atoms with van der Waals surface area (Å²) in [6.45, 7) is 2.05. The van der Waals surface area contributed by atoms with Crippen LogP contribution in [0, 0.1) is 10.8 Å². The lowest BCUT2D eigenvalue weighted by Gasteiger charge is -2.24. The first-order valence-corrected chi connectivity index (χ1v) is 4.87. The molecule has 1 unspecified atom stereocenters. The monoisotopic (exact) mass is 183 g/mol. The molecular weight excluding hydrogens is 168 g/mol. The highest BCUT2D eigenvalue weighted by atomic mass is 16.8. The average molecular weight is 183 g/mol. The van der Waals surface area contributed by atoms with Gasteiger partial charge in [0.1, 0.15) is 0 Å². The third-order valence-corrected chi connectivity index (χ3v) is 2.84. The second-order valence-corrected chi connectivity index (χ2v) is 3.65. The molecule has 2 heterocycles. The zero-order valence-electron chi connectivity index (χ0n) is 7.61. The number of hydrogen-bond acceptors (Lipinski definition) is 3. The van der Waals surface area contributed by atoms with Crippen molar-refractivity contribution in [2.24, 2.45) is 5.92 Å². The minimum Gasteiger partial charge on any atom is -0.317 e. The summed E-state index contributed by atoms with van der Waals surface area (Å²) in [7, 11) is 0. The molecular formula is C9H15N2O2+. The molecule has 2 rings (SSSR count). The standard InChI is InChI=1S/C9H15N2O2/c12-11-9(2-1-7-13-11)8-3-5-10-6-4-8/h1,7-10H,2-6H2/q+1. The summed E-state index contributed by atoms with van der Waals surface area (Å²) < 4.78 is 0. The molecule has 0 aromatic rings. The van der Waals surface area contributed by atoms with Gasteiger partial charge in [-0.3, -0.25) is 0 Å². The van der Waals surface area contributed by atoms with Gasteiger partial charge in [0.05, 0.1) is 4.91 Å². The first-order valence-electron chi connectivity index (χ1n) is 4.87. The number of piperidine rings is 1. The molecule has 0 aliphatic carbocycles. The van der Waals surface area contributed by atoms with Crippen LogP contribution in [0.25, 0.3) is 0 Å². The molecule has 0 radical (unpaired) electrons. The van der Waals surface area contributed by atoms with Gasteiger partial charge in [0, 0.05) is 12.3 Å². The van der Waals surface area contributed by atoms with Crippen LogP contribution in [0.1, 0.15) is 19.3 Å². The summed E-state index contributed by atoms with van der Waals surface area (Å²) in [6, 6.07) is 0.0344. The lowest BCUT2D eigenvalue weighted by atomic mass is 9.88. The molecule has 0 saturated carbocycles. The van der Waals surface area contributed by atoms with E-state index in [1.807, 2.05) is 6.08 Å². The Hall–Kier alpha value is -0.900. The van der Waals surface area contributed by atoms with Crippen LogP contribution in [0.5, 0.6) is 0 Å². The Morgan fingerprint density at radius 2 is 2.15 bits per heavy atom. The Labute approximate surface area is 77.5 Å². The van der Waals surface area contributed by atoms with Crippen molar-refractivity contribution in [2.75, 3.05) is 13.1 Å². The summed E-state index contributed by atoms with van der Waals surface area (Å²) in [5.74, 6) is 0.490. The van der Waals surface area contributed by atoms with Crippen LogP contribution >= 0.6 is 0 Å². The van der Waals surface area contributed by atoms with Crippen LogP contribution in [0.4, 0.5) is 0 Å². The van der Waals surface area contributed by atoms with E-state index in [4.69, 9.17) is 4.84 Å². The van der Waals surface area contributed by atoms with Crippen LogP contribution < -0.4 is 5.32 Å². The van der Waals surface area contributed by atoms with Crippen molar-refractivity contribution in [3.05, 3.63) is 17.2 Å². The SMILES string of the molecule is O=[N+]1OC=CCC1C1CCNCC1. The number of hydrogen-bond donors (Lipinski definition) is 1. The third kappa shape index (κ3) is 1.88. The molecule has 0 spiro atoms. The number of nitrogens with zero attached hydrogens (tertiary/aromatic N) is 1. The largest absolute Gasteiger partial charge is 0.317 e. The molecule has 0 amide bonds. The molecule has 1 saturated heterocycles. The number of rotatable bonds is 1. The number of nitrogens with one attached hydrogen (secondary N) is 1. The minimum atomic E-state index is 0.0344. The third-order valence-electron chi connectivity index (χ3n) is 2.84. The van der Waals surface area contributed by atoms with E-state index in [0.717, 1.165) is 37.3 Å². The molecule has 1 N–H and O–H groups in total. The Morgan fingerprint density at radius 1 is 1.38 bits per heavy atom. The van der Waals surface area contributed by atoms with Crippen molar-refractivity contribution in [1.82, 2.24) is 5.32 Å². The Balaban J connectivity index is 1.97. The van der Waals surface area contributed by atoms with Gasteiger partial charge in [-0.15, -0.1) is 0 Å². The molecule has 0 aromatic heterocycles. The van der Waals surface area contributed by atoms with Crippen molar-refractivity contribution in [1.29, 1.82) is 0 Å². The van der Waals surface area contributed by atoms with E-state index in [1.165, 1.54) is 6.26 Å². The topological polar surface area (TPSA) is 41.3 Å². The normalized spacial score (nSPS) is 30.2. The summed E-state index contributed by atoms with van der Waals surface area (Å²) in [6.07, 6.45) is 6.40. The summed E-state index contributed by atoms with van der Waals surface area (Å²) in [4.78, 5) is 16.9. The van der Waals surface area contributed by atoms with Gasteiger partial charge in [-0.05, 0) is 32.0 Å². The zero-order valence-corrected chi connectivity index (χ0v) is 7.61. The lowest BCUT2D eigenvalue weighted by Crippen LogP contribution is -2.39. The second-order valence-electron chi connectivity index (χ2n) is 3.65. The molecule has 2 aliphatic rings.